The molecule has 5 nitrogen and oxygen atoms in total. The van der Waals surface area contributed by atoms with Gasteiger partial charge in [0.1, 0.15) is 0 Å². The third-order valence-corrected chi connectivity index (χ3v) is 3.50. The summed E-state index contributed by atoms with van der Waals surface area (Å²) in [5, 5.41) is 0. The Morgan fingerprint density at radius 1 is 1.53 bits per heavy atom. The van der Waals surface area contributed by atoms with Gasteiger partial charge in [-0.1, -0.05) is 0 Å². The number of hydrogen-bond donors (Lipinski definition) is 1. The van der Waals surface area contributed by atoms with Crippen molar-refractivity contribution in [3.63, 3.8) is 0 Å². The van der Waals surface area contributed by atoms with Gasteiger partial charge in [-0.05, 0) is 25.2 Å². The lowest BCUT2D eigenvalue weighted by molar-refractivity contribution is 0.296. The van der Waals surface area contributed by atoms with E-state index in [2.05, 4.69) is 9.71 Å². The SMILES string of the molecule is CSc1ccnc(NS(C)(=O)=O)c1OC1CC1. The van der Waals surface area contributed by atoms with Gasteiger partial charge in [0.15, 0.2) is 11.6 Å². The van der Waals surface area contributed by atoms with Crippen LogP contribution in [-0.4, -0.2) is 32.0 Å². The number of rotatable bonds is 5. The number of aromatic nitrogens is 1. The van der Waals surface area contributed by atoms with Crippen LogP contribution in [0.2, 0.25) is 0 Å². The summed E-state index contributed by atoms with van der Waals surface area (Å²) < 4.78 is 30.6. The lowest BCUT2D eigenvalue weighted by Gasteiger charge is -2.13. The van der Waals surface area contributed by atoms with Crippen molar-refractivity contribution in [2.45, 2.75) is 23.8 Å². The van der Waals surface area contributed by atoms with Gasteiger partial charge >= 0.3 is 0 Å². The van der Waals surface area contributed by atoms with Crippen molar-refractivity contribution in [3.05, 3.63) is 12.3 Å². The molecule has 0 radical (unpaired) electrons. The van der Waals surface area contributed by atoms with Gasteiger partial charge in [0.25, 0.3) is 0 Å². The molecular formula is C10H14N2O3S2. The van der Waals surface area contributed by atoms with Crippen molar-refractivity contribution in [2.75, 3.05) is 17.2 Å². The summed E-state index contributed by atoms with van der Waals surface area (Å²) in [5.41, 5.74) is 0. The molecule has 17 heavy (non-hydrogen) atoms. The van der Waals surface area contributed by atoms with Crippen molar-refractivity contribution in [3.8, 4) is 5.75 Å². The predicted octanol–water partition coefficient (Wildman–Crippen LogP) is 1.72. The second-order valence-corrected chi connectivity index (χ2v) is 6.48. The molecule has 0 bridgehead atoms. The minimum Gasteiger partial charge on any atom is -0.485 e. The highest BCUT2D eigenvalue weighted by Crippen LogP contribution is 2.38. The van der Waals surface area contributed by atoms with E-state index in [4.69, 9.17) is 4.74 Å². The molecule has 0 aromatic carbocycles. The Morgan fingerprint density at radius 3 is 2.76 bits per heavy atom. The summed E-state index contributed by atoms with van der Waals surface area (Å²) >= 11 is 1.51. The van der Waals surface area contributed by atoms with Crippen molar-refractivity contribution >= 4 is 27.6 Å². The lowest BCUT2D eigenvalue weighted by atomic mass is 10.4. The van der Waals surface area contributed by atoms with E-state index in [0.29, 0.717) is 5.75 Å². The third kappa shape index (κ3) is 3.50. The van der Waals surface area contributed by atoms with Crippen LogP contribution in [0.15, 0.2) is 17.2 Å². The van der Waals surface area contributed by atoms with Crippen LogP contribution in [-0.2, 0) is 10.0 Å². The zero-order valence-corrected chi connectivity index (χ0v) is 11.3. The first-order chi connectivity index (χ1) is 7.99. The highest BCUT2D eigenvalue weighted by Gasteiger charge is 2.26. The largest absolute Gasteiger partial charge is 0.485 e. The van der Waals surface area contributed by atoms with E-state index in [9.17, 15) is 8.42 Å². The van der Waals surface area contributed by atoms with Gasteiger partial charge in [0.05, 0.1) is 17.3 Å². The van der Waals surface area contributed by atoms with E-state index in [1.54, 1.807) is 6.20 Å². The van der Waals surface area contributed by atoms with E-state index in [1.807, 2.05) is 12.3 Å². The summed E-state index contributed by atoms with van der Waals surface area (Å²) in [6.07, 6.45) is 6.81. The number of nitrogens with one attached hydrogen (secondary N) is 1. The fourth-order valence-electron chi connectivity index (χ4n) is 1.31. The maximum absolute atomic E-state index is 11.2. The van der Waals surface area contributed by atoms with E-state index in [1.165, 1.54) is 11.8 Å². The molecule has 1 aromatic rings. The number of anilines is 1. The molecule has 0 unspecified atom stereocenters. The number of nitrogens with zero attached hydrogens (tertiary/aromatic N) is 1. The van der Waals surface area contributed by atoms with Crippen LogP contribution >= 0.6 is 11.8 Å². The van der Waals surface area contributed by atoms with Crippen LogP contribution in [0.4, 0.5) is 5.82 Å². The Hall–Kier alpha value is -0.950. The Morgan fingerprint density at radius 2 is 2.24 bits per heavy atom. The van der Waals surface area contributed by atoms with Crippen LogP contribution in [0, 0.1) is 0 Å². The minimum atomic E-state index is -3.34. The van der Waals surface area contributed by atoms with E-state index in [0.717, 1.165) is 24.0 Å². The van der Waals surface area contributed by atoms with Crippen molar-refractivity contribution < 1.29 is 13.2 Å². The van der Waals surface area contributed by atoms with Gasteiger partial charge in [0, 0.05) is 6.20 Å². The van der Waals surface area contributed by atoms with E-state index in [-0.39, 0.29) is 11.9 Å². The maximum atomic E-state index is 11.2. The zero-order chi connectivity index (χ0) is 12.5. The molecule has 0 spiro atoms. The molecule has 2 rings (SSSR count). The highest BCUT2D eigenvalue weighted by atomic mass is 32.2. The monoisotopic (exact) mass is 274 g/mol. The predicted molar refractivity (Wildman–Crippen MR) is 68.1 cm³/mol. The molecular weight excluding hydrogens is 260 g/mol. The van der Waals surface area contributed by atoms with Crippen LogP contribution in [0.5, 0.6) is 5.75 Å². The van der Waals surface area contributed by atoms with Crippen LogP contribution in [0.25, 0.3) is 0 Å². The molecule has 1 aromatic heterocycles. The van der Waals surface area contributed by atoms with Gasteiger partial charge in [0.2, 0.25) is 10.0 Å². The molecule has 0 amide bonds. The Bertz CT molecular complexity index is 512. The minimum absolute atomic E-state index is 0.199. The Balaban J connectivity index is 2.34. The standard InChI is InChI=1S/C10H14N2O3S2/c1-16-8-5-6-11-10(12-17(2,13)14)9(8)15-7-3-4-7/h5-7H,3-4H2,1-2H3,(H,11,12). The Labute approximate surface area is 105 Å². The number of hydrogen-bond acceptors (Lipinski definition) is 5. The molecule has 0 saturated heterocycles. The fourth-order valence-corrected chi connectivity index (χ4v) is 2.33. The van der Waals surface area contributed by atoms with Crippen molar-refractivity contribution in [1.29, 1.82) is 0 Å². The van der Waals surface area contributed by atoms with Gasteiger partial charge in [-0.3, -0.25) is 4.72 Å². The fraction of sp³-hybridized carbons (Fsp3) is 0.500. The quantitative estimate of drug-likeness (QED) is 0.828. The molecule has 94 valence electrons. The van der Waals surface area contributed by atoms with Crippen LogP contribution < -0.4 is 9.46 Å². The summed E-state index contributed by atoms with van der Waals surface area (Å²) in [6.45, 7) is 0. The number of pyridine rings is 1. The second-order valence-electron chi connectivity index (χ2n) is 3.88. The molecule has 1 saturated carbocycles. The molecule has 1 aliphatic carbocycles. The molecule has 0 aliphatic heterocycles. The van der Waals surface area contributed by atoms with Crippen LogP contribution in [0.1, 0.15) is 12.8 Å². The summed E-state index contributed by atoms with van der Waals surface area (Å²) in [4.78, 5) is 4.91. The lowest BCUT2D eigenvalue weighted by Crippen LogP contribution is -2.13. The van der Waals surface area contributed by atoms with E-state index >= 15 is 0 Å². The average Bonchev–Trinajstić information content (AvgIpc) is 3.02. The molecule has 1 aliphatic rings. The first kappa shape index (κ1) is 12.5. The smallest absolute Gasteiger partial charge is 0.231 e. The topological polar surface area (TPSA) is 68.3 Å². The molecule has 1 N–H and O–H groups in total. The first-order valence-electron chi connectivity index (χ1n) is 5.17. The van der Waals surface area contributed by atoms with Gasteiger partial charge in [-0.25, -0.2) is 13.4 Å². The van der Waals surface area contributed by atoms with Crippen LogP contribution in [0.3, 0.4) is 0 Å². The summed E-state index contributed by atoms with van der Waals surface area (Å²) in [5.74, 6) is 0.805. The molecule has 1 fully saturated rings. The Kier molecular flexibility index (Phi) is 3.48. The number of sulfonamides is 1. The van der Waals surface area contributed by atoms with Gasteiger partial charge in [-0.15, -0.1) is 11.8 Å². The van der Waals surface area contributed by atoms with Gasteiger partial charge < -0.3 is 4.74 Å². The maximum Gasteiger partial charge on any atom is 0.231 e. The molecule has 0 atom stereocenters. The molecule has 7 heteroatoms. The average molecular weight is 274 g/mol. The second kappa shape index (κ2) is 4.73. The zero-order valence-electron chi connectivity index (χ0n) is 9.63. The van der Waals surface area contributed by atoms with E-state index < -0.39 is 10.0 Å². The normalized spacial score (nSPS) is 15.6. The highest BCUT2D eigenvalue weighted by molar-refractivity contribution is 7.98. The summed E-state index contributed by atoms with van der Waals surface area (Å²) in [7, 11) is -3.34. The summed E-state index contributed by atoms with van der Waals surface area (Å²) in [6, 6.07) is 1.82. The third-order valence-electron chi connectivity index (χ3n) is 2.18. The van der Waals surface area contributed by atoms with Gasteiger partial charge in [-0.2, -0.15) is 0 Å². The molecule has 1 heterocycles. The number of ether oxygens (including phenoxy) is 1. The van der Waals surface area contributed by atoms with Crippen molar-refractivity contribution in [1.82, 2.24) is 4.98 Å². The van der Waals surface area contributed by atoms with Crippen molar-refractivity contribution in [2.24, 2.45) is 0 Å². The first-order valence-corrected chi connectivity index (χ1v) is 8.28. The number of thioether (sulfide) groups is 1.